The smallest absolute Gasteiger partial charge is 0.228 e. The highest BCUT2D eigenvalue weighted by molar-refractivity contribution is 7.88. The number of anilines is 1. The van der Waals surface area contributed by atoms with Gasteiger partial charge in [-0.05, 0) is 31.0 Å². The van der Waals surface area contributed by atoms with E-state index >= 15 is 0 Å². The molecule has 0 aliphatic carbocycles. The van der Waals surface area contributed by atoms with Gasteiger partial charge in [0, 0.05) is 18.1 Å². The van der Waals surface area contributed by atoms with Crippen molar-refractivity contribution >= 4 is 33.2 Å². The Labute approximate surface area is 128 Å². The maximum absolute atomic E-state index is 13.6. The summed E-state index contributed by atoms with van der Waals surface area (Å²) in [5, 5.41) is 2.73. The fourth-order valence-electron chi connectivity index (χ4n) is 2.28. The second-order valence-corrected chi connectivity index (χ2v) is 7.49. The van der Waals surface area contributed by atoms with Crippen LogP contribution in [0.1, 0.15) is 12.8 Å². The Bertz CT molecular complexity index is 651. The molecular formula is C13H16ClFN2O3S. The van der Waals surface area contributed by atoms with Crippen LogP contribution in [0.3, 0.4) is 0 Å². The number of benzene rings is 1. The average Bonchev–Trinajstić information content (AvgIpc) is 2.41. The first kappa shape index (κ1) is 16.2. The first-order chi connectivity index (χ1) is 9.77. The number of rotatable bonds is 3. The van der Waals surface area contributed by atoms with Crippen molar-refractivity contribution < 1.29 is 17.6 Å². The van der Waals surface area contributed by atoms with Crippen LogP contribution in [0.4, 0.5) is 10.1 Å². The van der Waals surface area contributed by atoms with Crippen LogP contribution in [-0.4, -0.2) is 38.0 Å². The molecule has 0 spiro atoms. The van der Waals surface area contributed by atoms with E-state index in [2.05, 4.69) is 5.32 Å². The summed E-state index contributed by atoms with van der Waals surface area (Å²) in [5.41, 5.74) is 0.0425. The molecule has 8 heteroatoms. The summed E-state index contributed by atoms with van der Waals surface area (Å²) < 4.78 is 38.0. The van der Waals surface area contributed by atoms with Crippen molar-refractivity contribution in [3.8, 4) is 0 Å². The van der Waals surface area contributed by atoms with E-state index in [0.717, 1.165) is 12.3 Å². The molecule has 116 valence electrons. The van der Waals surface area contributed by atoms with Crippen LogP contribution in [0.5, 0.6) is 0 Å². The monoisotopic (exact) mass is 334 g/mol. The molecule has 2 rings (SSSR count). The zero-order valence-electron chi connectivity index (χ0n) is 11.5. The Morgan fingerprint density at radius 3 is 2.81 bits per heavy atom. The SMILES string of the molecule is CS(=O)(=O)N1CCCC(C(=O)Nc2ccc(Cl)cc2F)C1. The average molecular weight is 335 g/mol. The Hall–Kier alpha value is -1.18. The van der Waals surface area contributed by atoms with Gasteiger partial charge in [-0.15, -0.1) is 0 Å². The Kier molecular flexibility index (Phi) is 4.85. The minimum atomic E-state index is -3.32. The van der Waals surface area contributed by atoms with Crippen LogP contribution < -0.4 is 5.32 Å². The number of nitrogens with zero attached hydrogens (tertiary/aromatic N) is 1. The second kappa shape index (κ2) is 6.29. The van der Waals surface area contributed by atoms with Crippen molar-refractivity contribution in [2.75, 3.05) is 24.7 Å². The maximum Gasteiger partial charge on any atom is 0.228 e. The molecule has 1 aromatic carbocycles. The molecule has 5 nitrogen and oxygen atoms in total. The molecule has 1 amide bonds. The highest BCUT2D eigenvalue weighted by atomic mass is 35.5. The van der Waals surface area contributed by atoms with E-state index in [0.29, 0.717) is 19.4 Å². The number of halogens is 2. The van der Waals surface area contributed by atoms with E-state index in [1.807, 2.05) is 0 Å². The van der Waals surface area contributed by atoms with Crippen molar-refractivity contribution in [2.45, 2.75) is 12.8 Å². The van der Waals surface area contributed by atoms with Gasteiger partial charge in [-0.3, -0.25) is 4.79 Å². The summed E-state index contributed by atoms with van der Waals surface area (Å²) in [6.45, 7) is 0.539. The number of nitrogens with one attached hydrogen (secondary N) is 1. The first-order valence-corrected chi connectivity index (χ1v) is 8.71. The van der Waals surface area contributed by atoms with E-state index in [1.165, 1.54) is 16.4 Å². The number of piperidine rings is 1. The predicted octanol–water partition coefficient (Wildman–Crippen LogP) is 2.09. The lowest BCUT2D eigenvalue weighted by Gasteiger charge is -2.30. The molecule has 0 saturated carbocycles. The highest BCUT2D eigenvalue weighted by Gasteiger charge is 2.30. The molecule has 21 heavy (non-hydrogen) atoms. The molecule has 1 fully saturated rings. The number of amides is 1. The summed E-state index contributed by atoms with van der Waals surface area (Å²) in [5.74, 6) is -1.49. The molecule has 0 bridgehead atoms. The van der Waals surface area contributed by atoms with Crippen LogP contribution in [0.25, 0.3) is 0 Å². The minimum Gasteiger partial charge on any atom is -0.323 e. The predicted molar refractivity (Wildman–Crippen MR) is 79.2 cm³/mol. The maximum atomic E-state index is 13.6. The van der Waals surface area contributed by atoms with Gasteiger partial charge in [0.1, 0.15) is 5.82 Å². The third kappa shape index (κ3) is 4.15. The molecule has 1 heterocycles. The van der Waals surface area contributed by atoms with E-state index in [9.17, 15) is 17.6 Å². The normalized spacial score (nSPS) is 20.2. The van der Waals surface area contributed by atoms with Gasteiger partial charge in [-0.25, -0.2) is 17.1 Å². The first-order valence-electron chi connectivity index (χ1n) is 6.48. The number of carbonyl (C=O) groups is 1. The van der Waals surface area contributed by atoms with Crippen molar-refractivity contribution in [2.24, 2.45) is 5.92 Å². The molecule has 1 unspecified atom stereocenters. The van der Waals surface area contributed by atoms with E-state index < -0.39 is 21.8 Å². The van der Waals surface area contributed by atoms with Crippen molar-refractivity contribution in [1.29, 1.82) is 0 Å². The molecule has 1 N–H and O–H groups in total. The summed E-state index contributed by atoms with van der Waals surface area (Å²) >= 11 is 5.65. The number of carbonyl (C=O) groups excluding carboxylic acids is 1. The van der Waals surface area contributed by atoms with Crippen LogP contribution in [0.15, 0.2) is 18.2 Å². The molecule has 1 aromatic rings. The van der Waals surface area contributed by atoms with E-state index in [1.54, 1.807) is 0 Å². The van der Waals surface area contributed by atoms with Crippen LogP contribution >= 0.6 is 11.6 Å². The second-order valence-electron chi connectivity index (χ2n) is 5.07. The lowest BCUT2D eigenvalue weighted by Crippen LogP contribution is -2.43. The van der Waals surface area contributed by atoms with Gasteiger partial charge in [0.15, 0.2) is 0 Å². The topological polar surface area (TPSA) is 66.5 Å². The van der Waals surface area contributed by atoms with Gasteiger partial charge in [-0.2, -0.15) is 0 Å². The van der Waals surface area contributed by atoms with Crippen molar-refractivity contribution in [3.05, 3.63) is 29.0 Å². The largest absolute Gasteiger partial charge is 0.323 e. The number of hydrogen-bond acceptors (Lipinski definition) is 3. The molecule has 1 atom stereocenters. The third-order valence-electron chi connectivity index (χ3n) is 3.41. The summed E-state index contributed by atoms with van der Waals surface area (Å²) in [6, 6.07) is 3.97. The van der Waals surface area contributed by atoms with Gasteiger partial charge in [0.05, 0.1) is 17.9 Å². The van der Waals surface area contributed by atoms with Gasteiger partial charge >= 0.3 is 0 Å². The van der Waals surface area contributed by atoms with Gasteiger partial charge < -0.3 is 5.32 Å². The highest BCUT2D eigenvalue weighted by Crippen LogP contribution is 2.23. The number of sulfonamides is 1. The summed E-state index contributed by atoms with van der Waals surface area (Å²) in [7, 11) is -3.32. The van der Waals surface area contributed by atoms with Crippen LogP contribution in [0, 0.1) is 11.7 Å². The fraction of sp³-hybridized carbons (Fsp3) is 0.462. The lowest BCUT2D eigenvalue weighted by atomic mass is 9.98. The molecule has 1 aliphatic rings. The van der Waals surface area contributed by atoms with Crippen molar-refractivity contribution in [3.63, 3.8) is 0 Å². The Balaban J connectivity index is 2.06. The molecule has 0 radical (unpaired) electrons. The quantitative estimate of drug-likeness (QED) is 0.920. The lowest BCUT2D eigenvalue weighted by molar-refractivity contribution is -0.120. The summed E-state index contributed by atoms with van der Waals surface area (Å²) in [6.07, 6.45) is 2.30. The molecule has 1 aliphatic heterocycles. The fourth-order valence-corrected chi connectivity index (χ4v) is 3.35. The van der Waals surface area contributed by atoms with Crippen LogP contribution in [0.2, 0.25) is 5.02 Å². The summed E-state index contributed by atoms with van der Waals surface area (Å²) in [4.78, 5) is 12.1. The molecule has 1 saturated heterocycles. The zero-order chi connectivity index (χ0) is 15.6. The van der Waals surface area contributed by atoms with Crippen molar-refractivity contribution in [1.82, 2.24) is 4.31 Å². The third-order valence-corrected chi connectivity index (χ3v) is 4.92. The minimum absolute atomic E-state index is 0.0425. The van der Waals surface area contributed by atoms with E-state index in [4.69, 9.17) is 11.6 Å². The standard InChI is InChI=1S/C13H16ClFN2O3S/c1-21(19,20)17-6-2-3-9(8-17)13(18)16-12-5-4-10(14)7-11(12)15/h4-5,7,9H,2-3,6,8H2,1H3,(H,16,18). The van der Waals surface area contributed by atoms with E-state index in [-0.39, 0.29) is 23.2 Å². The van der Waals surface area contributed by atoms with Crippen LogP contribution in [-0.2, 0) is 14.8 Å². The molecule has 0 aromatic heterocycles. The Morgan fingerprint density at radius 2 is 2.19 bits per heavy atom. The van der Waals surface area contributed by atoms with Gasteiger partial charge in [0.25, 0.3) is 0 Å². The van der Waals surface area contributed by atoms with Gasteiger partial charge in [-0.1, -0.05) is 11.6 Å². The molecular weight excluding hydrogens is 319 g/mol. The zero-order valence-corrected chi connectivity index (χ0v) is 13.0. The Morgan fingerprint density at radius 1 is 1.48 bits per heavy atom. The van der Waals surface area contributed by atoms with Gasteiger partial charge in [0.2, 0.25) is 15.9 Å². The number of hydrogen-bond donors (Lipinski definition) is 1.